The van der Waals surface area contributed by atoms with Crippen LogP contribution in [0.15, 0.2) is 30.7 Å². The van der Waals surface area contributed by atoms with E-state index in [0.29, 0.717) is 24.3 Å². The van der Waals surface area contributed by atoms with Gasteiger partial charge in [0.15, 0.2) is 0 Å². The van der Waals surface area contributed by atoms with Crippen LogP contribution in [-0.2, 0) is 7.05 Å². The van der Waals surface area contributed by atoms with E-state index >= 15 is 0 Å². The molecule has 1 amide bonds. The average molecular weight is 286 g/mol. The number of nitrogen functional groups attached to an aromatic ring is 1. The summed E-state index contributed by atoms with van der Waals surface area (Å²) in [6.07, 6.45) is 5.01. The Morgan fingerprint density at radius 3 is 2.52 bits per heavy atom. The molecule has 2 N–H and O–H groups in total. The molecule has 3 rings (SSSR count). The van der Waals surface area contributed by atoms with Crippen LogP contribution in [-0.4, -0.2) is 51.8 Å². The van der Waals surface area contributed by atoms with Gasteiger partial charge in [-0.25, -0.2) is 4.98 Å². The minimum absolute atomic E-state index is 0.0352. The molecule has 2 aromatic rings. The van der Waals surface area contributed by atoms with Crippen molar-refractivity contribution < 1.29 is 4.79 Å². The van der Waals surface area contributed by atoms with Gasteiger partial charge in [0.1, 0.15) is 5.82 Å². The Morgan fingerprint density at radius 1 is 1.19 bits per heavy atom. The molecule has 1 aliphatic rings. The van der Waals surface area contributed by atoms with Crippen molar-refractivity contribution in [2.45, 2.75) is 0 Å². The lowest BCUT2D eigenvalue weighted by Gasteiger charge is -2.35. The van der Waals surface area contributed by atoms with E-state index in [2.05, 4.69) is 15.0 Å². The highest BCUT2D eigenvalue weighted by molar-refractivity contribution is 5.93. The molecule has 21 heavy (non-hydrogen) atoms. The average Bonchev–Trinajstić information content (AvgIpc) is 2.94. The third-order valence-corrected chi connectivity index (χ3v) is 3.61. The number of pyridine rings is 1. The highest BCUT2D eigenvalue weighted by atomic mass is 16.2. The first-order chi connectivity index (χ1) is 10.1. The van der Waals surface area contributed by atoms with Crippen LogP contribution in [0.1, 0.15) is 10.4 Å². The Labute approximate surface area is 123 Å². The molecular formula is C14H18N6O. The molecule has 0 spiro atoms. The minimum atomic E-state index is 0.0352. The highest BCUT2D eigenvalue weighted by Gasteiger charge is 2.23. The predicted octanol–water partition coefficient (Wildman–Crippen LogP) is 0.360. The number of amides is 1. The molecule has 3 heterocycles. The van der Waals surface area contributed by atoms with E-state index in [1.54, 1.807) is 23.3 Å². The van der Waals surface area contributed by atoms with Gasteiger partial charge >= 0.3 is 0 Å². The van der Waals surface area contributed by atoms with Gasteiger partial charge in [0.25, 0.3) is 5.91 Å². The third-order valence-electron chi connectivity index (χ3n) is 3.61. The second-order valence-corrected chi connectivity index (χ2v) is 5.13. The van der Waals surface area contributed by atoms with E-state index in [9.17, 15) is 4.79 Å². The quantitative estimate of drug-likeness (QED) is 0.862. The SMILES string of the molecule is Cn1cc(C(=O)N2CCN(c3ccc(N)cn3)CC2)cn1. The zero-order valence-corrected chi connectivity index (χ0v) is 11.9. The first-order valence-electron chi connectivity index (χ1n) is 6.88. The summed E-state index contributed by atoms with van der Waals surface area (Å²) in [6.45, 7) is 2.89. The van der Waals surface area contributed by atoms with Crippen molar-refractivity contribution in [3.63, 3.8) is 0 Å². The Balaban J connectivity index is 1.62. The zero-order chi connectivity index (χ0) is 14.8. The molecule has 2 aromatic heterocycles. The summed E-state index contributed by atoms with van der Waals surface area (Å²) in [6, 6.07) is 3.75. The molecule has 110 valence electrons. The normalized spacial score (nSPS) is 15.3. The Hall–Kier alpha value is -2.57. The molecule has 0 atom stereocenters. The van der Waals surface area contributed by atoms with Gasteiger partial charge in [0.05, 0.1) is 23.6 Å². The van der Waals surface area contributed by atoms with Gasteiger partial charge in [-0.2, -0.15) is 5.10 Å². The van der Waals surface area contributed by atoms with E-state index in [-0.39, 0.29) is 5.91 Å². The first kappa shape index (κ1) is 13.4. The maximum atomic E-state index is 12.3. The van der Waals surface area contributed by atoms with Gasteiger partial charge in [-0.3, -0.25) is 9.48 Å². The van der Waals surface area contributed by atoms with Crippen molar-refractivity contribution in [3.05, 3.63) is 36.3 Å². The third kappa shape index (κ3) is 2.81. The highest BCUT2D eigenvalue weighted by Crippen LogP contribution is 2.15. The molecule has 0 aromatic carbocycles. The number of aromatic nitrogens is 3. The van der Waals surface area contributed by atoms with E-state index in [0.717, 1.165) is 18.9 Å². The lowest BCUT2D eigenvalue weighted by molar-refractivity contribution is 0.0746. The van der Waals surface area contributed by atoms with Crippen LogP contribution in [0.2, 0.25) is 0 Å². The number of carbonyl (C=O) groups excluding carboxylic acids is 1. The monoisotopic (exact) mass is 286 g/mol. The van der Waals surface area contributed by atoms with Crippen LogP contribution in [0.5, 0.6) is 0 Å². The fraction of sp³-hybridized carbons (Fsp3) is 0.357. The first-order valence-corrected chi connectivity index (χ1v) is 6.88. The maximum Gasteiger partial charge on any atom is 0.257 e. The number of aryl methyl sites for hydroxylation is 1. The summed E-state index contributed by atoms with van der Waals surface area (Å²) in [5, 5.41) is 4.04. The van der Waals surface area contributed by atoms with Crippen LogP contribution in [0.25, 0.3) is 0 Å². The number of rotatable bonds is 2. The second-order valence-electron chi connectivity index (χ2n) is 5.13. The van der Waals surface area contributed by atoms with Gasteiger partial charge in [-0.1, -0.05) is 0 Å². The zero-order valence-electron chi connectivity index (χ0n) is 11.9. The van der Waals surface area contributed by atoms with Crippen molar-refractivity contribution in [1.82, 2.24) is 19.7 Å². The molecule has 0 aliphatic carbocycles. The van der Waals surface area contributed by atoms with Gasteiger partial charge in [-0.15, -0.1) is 0 Å². The lowest BCUT2D eigenvalue weighted by atomic mass is 10.2. The van der Waals surface area contributed by atoms with Crippen LogP contribution in [0, 0.1) is 0 Å². The van der Waals surface area contributed by atoms with Gasteiger partial charge in [0, 0.05) is 39.4 Å². The minimum Gasteiger partial charge on any atom is -0.397 e. The Morgan fingerprint density at radius 2 is 1.95 bits per heavy atom. The number of nitrogens with two attached hydrogens (primary N) is 1. The van der Waals surface area contributed by atoms with Crippen molar-refractivity contribution in [3.8, 4) is 0 Å². The van der Waals surface area contributed by atoms with Crippen LogP contribution >= 0.6 is 0 Å². The molecule has 7 heteroatoms. The van der Waals surface area contributed by atoms with E-state index in [4.69, 9.17) is 5.73 Å². The van der Waals surface area contributed by atoms with Crippen LogP contribution in [0.4, 0.5) is 11.5 Å². The van der Waals surface area contributed by atoms with Crippen molar-refractivity contribution >= 4 is 17.4 Å². The number of nitrogens with zero attached hydrogens (tertiary/aromatic N) is 5. The molecular weight excluding hydrogens is 268 g/mol. The number of piperazine rings is 1. The fourth-order valence-electron chi connectivity index (χ4n) is 2.44. The molecule has 0 unspecified atom stereocenters. The molecule has 1 aliphatic heterocycles. The topological polar surface area (TPSA) is 80.3 Å². The van der Waals surface area contributed by atoms with Crippen molar-refractivity contribution in [2.24, 2.45) is 7.05 Å². The molecule has 0 saturated carbocycles. The summed E-state index contributed by atoms with van der Waals surface area (Å²) in [5.41, 5.74) is 6.93. The van der Waals surface area contributed by atoms with Gasteiger partial charge in [0.2, 0.25) is 0 Å². The van der Waals surface area contributed by atoms with Gasteiger partial charge < -0.3 is 15.5 Å². The predicted molar refractivity (Wildman–Crippen MR) is 80.0 cm³/mol. The maximum absolute atomic E-state index is 12.3. The number of hydrogen-bond donors (Lipinski definition) is 1. The van der Waals surface area contributed by atoms with Crippen LogP contribution < -0.4 is 10.6 Å². The van der Waals surface area contributed by atoms with Gasteiger partial charge in [-0.05, 0) is 12.1 Å². The molecule has 1 fully saturated rings. The van der Waals surface area contributed by atoms with E-state index in [1.165, 1.54) is 0 Å². The summed E-state index contributed by atoms with van der Waals surface area (Å²) < 4.78 is 1.64. The Bertz CT molecular complexity index is 627. The van der Waals surface area contributed by atoms with Crippen molar-refractivity contribution in [2.75, 3.05) is 36.8 Å². The van der Waals surface area contributed by atoms with Crippen molar-refractivity contribution in [1.29, 1.82) is 0 Å². The number of hydrogen-bond acceptors (Lipinski definition) is 5. The standard InChI is InChI=1S/C14H18N6O/c1-18-10-11(8-17-18)14(21)20-6-4-19(5-7-20)13-3-2-12(15)9-16-13/h2-3,8-10H,4-7,15H2,1H3. The largest absolute Gasteiger partial charge is 0.397 e. The van der Waals surface area contributed by atoms with Crippen LogP contribution in [0.3, 0.4) is 0 Å². The molecule has 7 nitrogen and oxygen atoms in total. The Kier molecular flexibility index (Phi) is 3.47. The lowest BCUT2D eigenvalue weighted by Crippen LogP contribution is -2.49. The second kappa shape index (κ2) is 5.43. The summed E-state index contributed by atoms with van der Waals surface area (Å²) in [4.78, 5) is 20.7. The number of anilines is 2. The fourth-order valence-corrected chi connectivity index (χ4v) is 2.44. The molecule has 0 radical (unpaired) electrons. The molecule has 1 saturated heterocycles. The summed E-state index contributed by atoms with van der Waals surface area (Å²) >= 11 is 0. The molecule has 0 bridgehead atoms. The summed E-state index contributed by atoms with van der Waals surface area (Å²) in [7, 11) is 1.81. The smallest absolute Gasteiger partial charge is 0.257 e. The van der Waals surface area contributed by atoms with E-state index in [1.807, 2.05) is 24.1 Å². The van der Waals surface area contributed by atoms with E-state index < -0.39 is 0 Å². The number of carbonyl (C=O) groups is 1. The summed E-state index contributed by atoms with van der Waals surface area (Å²) in [5.74, 6) is 0.936.